The van der Waals surface area contributed by atoms with E-state index in [1.165, 1.54) is 29.5 Å². The molecule has 0 aliphatic rings. The molecule has 0 spiro atoms. The molecule has 0 fully saturated rings. The van der Waals surface area contributed by atoms with Crippen LogP contribution in [0.25, 0.3) is 0 Å². The van der Waals surface area contributed by atoms with Crippen LogP contribution in [0, 0.1) is 17.0 Å². The highest BCUT2D eigenvalue weighted by molar-refractivity contribution is 7.18. The largest absolute Gasteiger partial charge is 0.272 e. The fraction of sp³-hybridized carbons (Fsp3) is 0.143. The number of rotatable bonds is 4. The van der Waals surface area contributed by atoms with E-state index in [1.54, 1.807) is 19.9 Å². The molecule has 0 atom stereocenters. The van der Waals surface area contributed by atoms with Crippen LogP contribution in [0.15, 0.2) is 35.4 Å². The van der Waals surface area contributed by atoms with Crippen molar-refractivity contribution in [3.63, 3.8) is 0 Å². The number of hydrogen-bond donors (Lipinski definition) is 1. The van der Waals surface area contributed by atoms with Gasteiger partial charge in [0.1, 0.15) is 0 Å². The van der Waals surface area contributed by atoms with Crippen LogP contribution in [0.3, 0.4) is 0 Å². The summed E-state index contributed by atoms with van der Waals surface area (Å²) in [6.45, 7) is 3.33. The summed E-state index contributed by atoms with van der Waals surface area (Å²) in [5, 5.41) is 14.8. The summed E-state index contributed by atoms with van der Waals surface area (Å²) in [6.07, 6.45) is 0. The molecule has 0 radical (unpaired) electrons. The third-order valence-electron chi connectivity index (χ3n) is 2.91. The molecule has 22 heavy (non-hydrogen) atoms. The number of carbonyl (C=O) groups excluding carboxylic acids is 1. The number of amides is 1. The predicted octanol–water partition coefficient (Wildman–Crippen LogP) is 3.77. The van der Waals surface area contributed by atoms with Gasteiger partial charge >= 0.3 is 0 Å². The van der Waals surface area contributed by atoms with E-state index in [2.05, 4.69) is 10.5 Å². The molecule has 0 saturated heterocycles. The van der Waals surface area contributed by atoms with E-state index < -0.39 is 10.8 Å². The van der Waals surface area contributed by atoms with Crippen LogP contribution in [0.2, 0.25) is 4.34 Å². The highest BCUT2D eigenvalue weighted by Gasteiger charge is 2.13. The molecule has 114 valence electrons. The van der Waals surface area contributed by atoms with E-state index >= 15 is 0 Å². The van der Waals surface area contributed by atoms with Gasteiger partial charge < -0.3 is 0 Å². The second kappa shape index (κ2) is 6.67. The summed E-state index contributed by atoms with van der Waals surface area (Å²) in [4.78, 5) is 23.1. The van der Waals surface area contributed by atoms with Gasteiger partial charge in [0, 0.05) is 17.2 Å². The topological polar surface area (TPSA) is 84.6 Å². The Balaban J connectivity index is 2.12. The van der Waals surface area contributed by atoms with Crippen LogP contribution in [-0.2, 0) is 0 Å². The maximum Gasteiger partial charge on any atom is 0.272 e. The van der Waals surface area contributed by atoms with Crippen LogP contribution < -0.4 is 5.43 Å². The molecular formula is C14H12ClN3O3S. The highest BCUT2D eigenvalue weighted by atomic mass is 35.5. The third-order valence-corrected chi connectivity index (χ3v) is 4.25. The number of carbonyl (C=O) groups is 1. The lowest BCUT2D eigenvalue weighted by atomic mass is 10.1. The van der Waals surface area contributed by atoms with Crippen molar-refractivity contribution in [2.75, 3.05) is 0 Å². The van der Waals surface area contributed by atoms with Gasteiger partial charge in [0.2, 0.25) is 0 Å². The fourth-order valence-corrected chi connectivity index (χ4v) is 2.75. The second-order valence-electron chi connectivity index (χ2n) is 4.50. The Morgan fingerprint density at radius 3 is 2.64 bits per heavy atom. The van der Waals surface area contributed by atoms with E-state index in [0.717, 1.165) is 4.88 Å². The first-order chi connectivity index (χ1) is 10.4. The standard InChI is InChI=1S/C14H12ClN3O3S/c1-8-7-10(3-4-11(8)18(20)21)14(19)17-16-9(2)12-5-6-13(15)22-12/h3-7H,1-2H3,(H,17,19). The number of nitrogens with zero attached hydrogens (tertiary/aromatic N) is 2. The molecule has 2 aromatic rings. The van der Waals surface area contributed by atoms with E-state index in [1.807, 2.05) is 6.07 Å². The summed E-state index contributed by atoms with van der Waals surface area (Å²) in [6, 6.07) is 7.73. The SMILES string of the molecule is CC(=NNC(=O)c1ccc([N+](=O)[O-])c(C)c1)c1ccc(Cl)s1. The van der Waals surface area contributed by atoms with Gasteiger partial charge in [-0.1, -0.05) is 11.6 Å². The number of nitrogens with one attached hydrogen (secondary N) is 1. The Morgan fingerprint density at radius 1 is 1.36 bits per heavy atom. The maximum atomic E-state index is 12.0. The average Bonchev–Trinajstić information content (AvgIpc) is 2.90. The first-order valence-corrected chi connectivity index (χ1v) is 7.43. The van der Waals surface area contributed by atoms with Gasteiger partial charge in [0.05, 0.1) is 19.8 Å². The number of halogens is 1. The Bertz CT molecular complexity index is 770. The highest BCUT2D eigenvalue weighted by Crippen LogP contribution is 2.22. The molecule has 0 aliphatic heterocycles. The van der Waals surface area contributed by atoms with Gasteiger partial charge in [-0.15, -0.1) is 11.3 Å². The molecule has 8 heteroatoms. The molecule has 0 aliphatic carbocycles. The molecule has 0 unspecified atom stereocenters. The van der Waals surface area contributed by atoms with Gasteiger partial charge in [-0.2, -0.15) is 5.10 Å². The van der Waals surface area contributed by atoms with Gasteiger partial charge in [-0.05, 0) is 38.1 Å². The minimum Gasteiger partial charge on any atom is -0.267 e. The Hall–Kier alpha value is -2.25. The lowest BCUT2D eigenvalue weighted by Crippen LogP contribution is -2.19. The lowest BCUT2D eigenvalue weighted by Gasteiger charge is -2.03. The summed E-state index contributed by atoms with van der Waals surface area (Å²) in [5.74, 6) is -0.431. The molecule has 1 amide bonds. The number of benzene rings is 1. The zero-order valence-electron chi connectivity index (χ0n) is 11.8. The van der Waals surface area contributed by atoms with Crippen molar-refractivity contribution < 1.29 is 9.72 Å². The van der Waals surface area contributed by atoms with Crippen molar-refractivity contribution in [1.29, 1.82) is 0 Å². The molecule has 1 heterocycles. The predicted molar refractivity (Wildman–Crippen MR) is 86.8 cm³/mol. The zero-order chi connectivity index (χ0) is 16.3. The molecule has 1 N–H and O–H groups in total. The second-order valence-corrected chi connectivity index (χ2v) is 6.22. The molecule has 0 bridgehead atoms. The minimum atomic E-state index is -0.486. The van der Waals surface area contributed by atoms with Crippen LogP contribution in [0.1, 0.15) is 27.7 Å². The Morgan fingerprint density at radius 2 is 2.09 bits per heavy atom. The Labute approximate surface area is 135 Å². The molecule has 1 aromatic carbocycles. The van der Waals surface area contributed by atoms with Crippen LogP contribution >= 0.6 is 22.9 Å². The fourth-order valence-electron chi connectivity index (χ4n) is 1.76. The van der Waals surface area contributed by atoms with Crippen molar-refractivity contribution in [2.45, 2.75) is 13.8 Å². The van der Waals surface area contributed by atoms with Crippen LogP contribution in [-0.4, -0.2) is 16.5 Å². The number of aryl methyl sites for hydroxylation is 1. The van der Waals surface area contributed by atoms with Gasteiger partial charge in [0.25, 0.3) is 11.6 Å². The van der Waals surface area contributed by atoms with Crippen molar-refractivity contribution >= 4 is 40.2 Å². The monoisotopic (exact) mass is 337 g/mol. The summed E-state index contributed by atoms with van der Waals surface area (Å²) >= 11 is 7.20. The quantitative estimate of drug-likeness (QED) is 0.523. The van der Waals surface area contributed by atoms with Gasteiger partial charge in [-0.3, -0.25) is 14.9 Å². The molecular weight excluding hydrogens is 326 g/mol. The smallest absolute Gasteiger partial charge is 0.267 e. The Kier molecular flexibility index (Phi) is 4.89. The van der Waals surface area contributed by atoms with Crippen LogP contribution in [0.4, 0.5) is 5.69 Å². The zero-order valence-corrected chi connectivity index (χ0v) is 13.4. The summed E-state index contributed by atoms with van der Waals surface area (Å²) < 4.78 is 0.641. The lowest BCUT2D eigenvalue weighted by molar-refractivity contribution is -0.385. The van der Waals surface area contributed by atoms with E-state index in [9.17, 15) is 14.9 Å². The maximum absolute atomic E-state index is 12.0. The summed E-state index contributed by atoms with van der Waals surface area (Å²) in [5.41, 5.74) is 3.76. The molecule has 0 saturated carbocycles. The third kappa shape index (κ3) is 3.69. The van der Waals surface area contributed by atoms with Crippen LogP contribution in [0.5, 0.6) is 0 Å². The molecule has 1 aromatic heterocycles. The van der Waals surface area contributed by atoms with Crippen molar-refractivity contribution in [2.24, 2.45) is 5.10 Å². The summed E-state index contributed by atoms with van der Waals surface area (Å²) in [7, 11) is 0. The number of thiophene rings is 1. The molecule has 2 rings (SSSR count). The number of nitro groups is 1. The minimum absolute atomic E-state index is 0.0236. The molecule has 6 nitrogen and oxygen atoms in total. The van der Waals surface area contributed by atoms with Crippen molar-refractivity contribution in [3.8, 4) is 0 Å². The number of hydrazone groups is 1. The normalized spacial score (nSPS) is 11.3. The number of nitro benzene ring substituents is 1. The van der Waals surface area contributed by atoms with Gasteiger partial charge in [0.15, 0.2) is 0 Å². The first-order valence-electron chi connectivity index (χ1n) is 6.24. The first kappa shape index (κ1) is 16.1. The van der Waals surface area contributed by atoms with E-state index in [-0.39, 0.29) is 5.69 Å². The van der Waals surface area contributed by atoms with Crippen molar-refractivity contribution in [1.82, 2.24) is 5.43 Å². The number of hydrogen-bond acceptors (Lipinski definition) is 5. The van der Waals surface area contributed by atoms with E-state index in [0.29, 0.717) is 21.2 Å². The van der Waals surface area contributed by atoms with Gasteiger partial charge in [-0.25, -0.2) is 5.43 Å². The van der Waals surface area contributed by atoms with Crippen molar-refractivity contribution in [3.05, 3.63) is 60.8 Å². The average molecular weight is 338 g/mol. The van der Waals surface area contributed by atoms with E-state index in [4.69, 9.17) is 11.6 Å².